The van der Waals surface area contributed by atoms with Gasteiger partial charge in [0.15, 0.2) is 6.61 Å². The molecule has 6 nitrogen and oxygen atoms in total. The molecule has 0 aliphatic rings. The van der Waals surface area contributed by atoms with Crippen LogP contribution in [-0.4, -0.2) is 30.6 Å². The summed E-state index contributed by atoms with van der Waals surface area (Å²) in [6, 6.07) is 8.31. The van der Waals surface area contributed by atoms with E-state index in [1.807, 2.05) is 13.0 Å². The average Bonchev–Trinajstić information content (AvgIpc) is 2.53. The molecule has 1 N–H and O–H groups in total. The van der Waals surface area contributed by atoms with Crippen LogP contribution in [0.2, 0.25) is 5.15 Å². The number of benzene rings is 1. The highest BCUT2D eigenvalue weighted by atomic mass is 35.5. The summed E-state index contributed by atoms with van der Waals surface area (Å²) < 4.78 is 10.1. The van der Waals surface area contributed by atoms with Gasteiger partial charge in [-0.3, -0.25) is 4.79 Å². The number of aromatic nitrogens is 1. The second-order valence-corrected chi connectivity index (χ2v) is 5.08. The van der Waals surface area contributed by atoms with Crippen LogP contribution in [0, 0.1) is 6.92 Å². The summed E-state index contributed by atoms with van der Waals surface area (Å²) in [7, 11) is 1.51. The Bertz CT molecular complexity index is 717. The van der Waals surface area contributed by atoms with E-state index in [-0.39, 0.29) is 10.7 Å². The van der Waals surface area contributed by atoms with Crippen LogP contribution in [0.5, 0.6) is 5.75 Å². The maximum atomic E-state index is 11.9. The van der Waals surface area contributed by atoms with E-state index in [2.05, 4.69) is 10.3 Å². The molecule has 0 fully saturated rings. The van der Waals surface area contributed by atoms with Crippen molar-refractivity contribution in [2.45, 2.75) is 6.92 Å². The van der Waals surface area contributed by atoms with Crippen molar-refractivity contribution < 1.29 is 19.1 Å². The molecule has 0 aliphatic carbocycles. The fourth-order valence-corrected chi connectivity index (χ4v) is 1.93. The minimum Gasteiger partial charge on any atom is -0.495 e. The number of carbonyl (C=O) groups is 2. The van der Waals surface area contributed by atoms with Gasteiger partial charge in [-0.05, 0) is 36.8 Å². The summed E-state index contributed by atoms with van der Waals surface area (Å²) in [6.07, 6.45) is 1.28. The molecule has 1 heterocycles. The molecule has 1 amide bonds. The minimum atomic E-state index is -0.652. The van der Waals surface area contributed by atoms with Gasteiger partial charge in [-0.2, -0.15) is 0 Å². The van der Waals surface area contributed by atoms with Crippen LogP contribution in [0.4, 0.5) is 5.69 Å². The summed E-state index contributed by atoms with van der Waals surface area (Å²) in [6.45, 7) is 1.47. The number of hydrogen-bond donors (Lipinski definition) is 1. The zero-order valence-electron chi connectivity index (χ0n) is 12.6. The number of pyridine rings is 1. The molecule has 0 atom stereocenters. The molecule has 23 heavy (non-hydrogen) atoms. The molecule has 0 radical (unpaired) electrons. The zero-order valence-corrected chi connectivity index (χ0v) is 13.4. The molecule has 1 aromatic heterocycles. The number of amides is 1. The van der Waals surface area contributed by atoms with E-state index in [1.54, 1.807) is 12.1 Å². The van der Waals surface area contributed by atoms with E-state index in [9.17, 15) is 9.59 Å². The number of esters is 1. The van der Waals surface area contributed by atoms with Crippen LogP contribution >= 0.6 is 11.6 Å². The third-order valence-electron chi connectivity index (χ3n) is 2.93. The molecule has 0 spiro atoms. The van der Waals surface area contributed by atoms with Crippen LogP contribution in [0.25, 0.3) is 0 Å². The van der Waals surface area contributed by atoms with Crippen LogP contribution in [0.1, 0.15) is 15.9 Å². The smallest absolute Gasteiger partial charge is 0.340 e. The largest absolute Gasteiger partial charge is 0.495 e. The lowest BCUT2D eigenvalue weighted by Gasteiger charge is -2.11. The Hall–Kier alpha value is -2.60. The first-order valence-corrected chi connectivity index (χ1v) is 7.10. The number of rotatable bonds is 5. The molecule has 0 saturated carbocycles. The zero-order chi connectivity index (χ0) is 16.8. The first-order chi connectivity index (χ1) is 11.0. The highest BCUT2D eigenvalue weighted by Gasteiger charge is 2.12. The first-order valence-electron chi connectivity index (χ1n) is 6.73. The molecule has 2 rings (SSSR count). The number of nitrogens with zero attached hydrogens (tertiary/aromatic N) is 1. The summed E-state index contributed by atoms with van der Waals surface area (Å²) in [5, 5.41) is 2.91. The highest BCUT2D eigenvalue weighted by molar-refractivity contribution is 6.29. The quantitative estimate of drug-likeness (QED) is 0.672. The number of anilines is 1. The lowest BCUT2D eigenvalue weighted by Crippen LogP contribution is -2.21. The Morgan fingerprint density at radius 1 is 1.26 bits per heavy atom. The molecular weight excluding hydrogens is 320 g/mol. The van der Waals surface area contributed by atoms with Crippen molar-refractivity contribution in [1.82, 2.24) is 4.98 Å². The normalized spacial score (nSPS) is 10.0. The number of aryl methyl sites for hydroxylation is 1. The van der Waals surface area contributed by atoms with Crippen LogP contribution in [0.3, 0.4) is 0 Å². The van der Waals surface area contributed by atoms with Crippen LogP contribution < -0.4 is 10.1 Å². The monoisotopic (exact) mass is 334 g/mol. The Labute approximate surface area is 138 Å². The molecule has 0 unspecified atom stereocenters. The van der Waals surface area contributed by atoms with Gasteiger partial charge in [0.25, 0.3) is 5.91 Å². The molecule has 0 saturated heterocycles. The lowest BCUT2D eigenvalue weighted by molar-refractivity contribution is -0.119. The van der Waals surface area contributed by atoms with E-state index in [0.29, 0.717) is 11.4 Å². The summed E-state index contributed by atoms with van der Waals surface area (Å²) in [5.41, 5.74) is 1.70. The van der Waals surface area contributed by atoms with Crippen molar-refractivity contribution in [3.8, 4) is 5.75 Å². The van der Waals surface area contributed by atoms with Gasteiger partial charge in [0, 0.05) is 6.20 Å². The predicted octanol–water partition coefficient (Wildman–Crippen LogP) is 2.85. The standard InChI is InChI=1S/C16H15ClN2O4/c1-10-3-5-13(22-2)12(7-10)19-15(20)9-23-16(21)11-4-6-14(17)18-8-11/h3-8H,9H2,1-2H3,(H,19,20). The van der Waals surface area contributed by atoms with Crippen molar-refractivity contribution in [2.24, 2.45) is 0 Å². The maximum Gasteiger partial charge on any atom is 0.340 e. The molecular formula is C16H15ClN2O4. The number of nitrogens with one attached hydrogen (secondary N) is 1. The molecule has 1 aromatic carbocycles. The first kappa shape index (κ1) is 16.8. The summed E-state index contributed by atoms with van der Waals surface area (Å²) >= 11 is 5.64. The van der Waals surface area contributed by atoms with Crippen molar-refractivity contribution in [1.29, 1.82) is 0 Å². The van der Waals surface area contributed by atoms with E-state index < -0.39 is 18.5 Å². The SMILES string of the molecule is COc1ccc(C)cc1NC(=O)COC(=O)c1ccc(Cl)nc1. The van der Waals surface area contributed by atoms with Gasteiger partial charge >= 0.3 is 5.97 Å². The summed E-state index contributed by atoms with van der Waals surface area (Å²) in [5.74, 6) is -0.595. The second kappa shape index (κ2) is 7.60. The Morgan fingerprint density at radius 2 is 2.04 bits per heavy atom. The number of methoxy groups -OCH3 is 1. The maximum absolute atomic E-state index is 11.9. The minimum absolute atomic E-state index is 0.218. The molecule has 0 aliphatic heterocycles. The molecule has 2 aromatic rings. The Kier molecular flexibility index (Phi) is 5.54. The van der Waals surface area contributed by atoms with E-state index in [1.165, 1.54) is 25.4 Å². The third kappa shape index (κ3) is 4.69. The van der Waals surface area contributed by atoms with Crippen molar-refractivity contribution in [3.63, 3.8) is 0 Å². The Balaban J connectivity index is 1.94. The topological polar surface area (TPSA) is 77.5 Å². The fourth-order valence-electron chi connectivity index (χ4n) is 1.82. The highest BCUT2D eigenvalue weighted by Crippen LogP contribution is 2.25. The average molecular weight is 335 g/mol. The second-order valence-electron chi connectivity index (χ2n) is 4.70. The van der Waals surface area contributed by atoms with Crippen molar-refractivity contribution in [3.05, 3.63) is 52.8 Å². The van der Waals surface area contributed by atoms with E-state index in [0.717, 1.165) is 5.56 Å². The van der Waals surface area contributed by atoms with Gasteiger partial charge in [0.1, 0.15) is 10.9 Å². The van der Waals surface area contributed by atoms with E-state index in [4.69, 9.17) is 21.1 Å². The molecule has 120 valence electrons. The van der Waals surface area contributed by atoms with Crippen LogP contribution in [-0.2, 0) is 9.53 Å². The Morgan fingerprint density at radius 3 is 2.70 bits per heavy atom. The van der Waals surface area contributed by atoms with Crippen molar-refractivity contribution in [2.75, 3.05) is 19.0 Å². The van der Waals surface area contributed by atoms with Gasteiger partial charge in [-0.15, -0.1) is 0 Å². The number of carbonyl (C=O) groups excluding carboxylic acids is 2. The number of halogens is 1. The molecule has 7 heteroatoms. The predicted molar refractivity (Wildman–Crippen MR) is 85.9 cm³/mol. The van der Waals surface area contributed by atoms with Gasteiger partial charge < -0.3 is 14.8 Å². The number of ether oxygens (including phenoxy) is 2. The summed E-state index contributed by atoms with van der Waals surface area (Å²) in [4.78, 5) is 27.5. The number of hydrogen-bond acceptors (Lipinski definition) is 5. The van der Waals surface area contributed by atoms with Gasteiger partial charge in [0.2, 0.25) is 0 Å². The van der Waals surface area contributed by atoms with Gasteiger partial charge in [-0.25, -0.2) is 9.78 Å². The van der Waals surface area contributed by atoms with Crippen LogP contribution in [0.15, 0.2) is 36.5 Å². The van der Waals surface area contributed by atoms with Gasteiger partial charge in [-0.1, -0.05) is 17.7 Å². The van der Waals surface area contributed by atoms with E-state index >= 15 is 0 Å². The van der Waals surface area contributed by atoms with Crippen molar-refractivity contribution >= 4 is 29.2 Å². The fraction of sp³-hybridized carbons (Fsp3) is 0.188. The third-order valence-corrected chi connectivity index (χ3v) is 3.15. The molecule has 0 bridgehead atoms. The lowest BCUT2D eigenvalue weighted by atomic mass is 10.2. The van der Waals surface area contributed by atoms with Gasteiger partial charge in [0.05, 0.1) is 18.4 Å².